The number of hydrogen-bond donors (Lipinski definition) is 0. The Kier molecular flexibility index (Phi) is 3.73. The number of aryl methyl sites for hydroxylation is 1. The fourth-order valence-electron chi connectivity index (χ4n) is 3.38. The van der Waals surface area contributed by atoms with Crippen LogP contribution in [0.4, 0.5) is 0 Å². The highest BCUT2D eigenvalue weighted by Gasteiger charge is 2.12. The third-order valence-electron chi connectivity index (χ3n) is 4.69. The average Bonchev–Trinajstić information content (AvgIpc) is 3.07. The van der Waals surface area contributed by atoms with Crippen molar-refractivity contribution in [3.05, 3.63) is 90.3 Å². The maximum Gasteiger partial charge on any atom is 0.140 e. The van der Waals surface area contributed by atoms with Gasteiger partial charge >= 0.3 is 0 Å². The lowest BCUT2D eigenvalue weighted by molar-refractivity contribution is 1.16. The first-order valence-electron chi connectivity index (χ1n) is 8.44. The zero-order valence-electron chi connectivity index (χ0n) is 14.5. The summed E-state index contributed by atoms with van der Waals surface area (Å²) < 4.78 is 2.09. The van der Waals surface area contributed by atoms with E-state index in [1.54, 1.807) is 0 Å². The molecule has 0 unspecified atom stereocenters. The summed E-state index contributed by atoms with van der Waals surface area (Å²) in [4.78, 5) is 4.88. The molecule has 0 aliphatic carbocycles. The molecule has 0 amide bonds. The van der Waals surface area contributed by atoms with E-state index in [-0.39, 0.29) is 0 Å². The fourth-order valence-corrected chi connectivity index (χ4v) is 3.38. The van der Waals surface area contributed by atoms with Crippen molar-refractivity contribution in [2.24, 2.45) is 0 Å². The molecule has 0 radical (unpaired) electrons. The van der Waals surface area contributed by atoms with Crippen LogP contribution < -0.4 is 0 Å². The van der Waals surface area contributed by atoms with Crippen molar-refractivity contribution in [1.82, 2.24) is 9.38 Å². The molecule has 0 fully saturated rings. The lowest BCUT2D eigenvalue weighted by atomic mass is 9.95. The summed E-state index contributed by atoms with van der Waals surface area (Å²) in [5, 5.41) is 0. The second kappa shape index (κ2) is 6.06. The largest absolute Gasteiger partial charge is 0.306 e. The van der Waals surface area contributed by atoms with E-state index in [1.807, 2.05) is 12.1 Å². The van der Waals surface area contributed by atoms with Gasteiger partial charge in [0.15, 0.2) is 0 Å². The van der Waals surface area contributed by atoms with Crippen molar-refractivity contribution in [3.63, 3.8) is 0 Å². The summed E-state index contributed by atoms with van der Waals surface area (Å²) in [5.74, 6) is 0. The van der Waals surface area contributed by atoms with Gasteiger partial charge in [0, 0.05) is 18.0 Å². The van der Waals surface area contributed by atoms with E-state index in [0.29, 0.717) is 0 Å². The van der Waals surface area contributed by atoms with E-state index < -0.39 is 0 Å². The van der Waals surface area contributed by atoms with Crippen molar-refractivity contribution >= 4 is 11.7 Å². The van der Waals surface area contributed by atoms with E-state index in [9.17, 15) is 0 Å². The number of benzene rings is 2. The van der Waals surface area contributed by atoms with Crippen molar-refractivity contribution in [2.45, 2.75) is 13.8 Å². The quantitative estimate of drug-likeness (QED) is 0.456. The molecule has 0 spiro atoms. The van der Waals surface area contributed by atoms with Crippen molar-refractivity contribution in [1.29, 1.82) is 0 Å². The zero-order chi connectivity index (χ0) is 17.4. The minimum Gasteiger partial charge on any atom is -0.306 e. The molecule has 0 atom stereocenters. The monoisotopic (exact) mass is 324 g/mol. The smallest absolute Gasteiger partial charge is 0.140 e. The third-order valence-corrected chi connectivity index (χ3v) is 4.69. The molecular weight excluding hydrogens is 304 g/mol. The molecular formula is C23H20N2. The number of hydrogen-bond acceptors (Lipinski definition) is 1. The number of nitrogens with zero attached hydrogens (tertiary/aromatic N) is 2. The van der Waals surface area contributed by atoms with Crippen LogP contribution in [-0.4, -0.2) is 9.38 Å². The SMILES string of the molecule is C=Cc1cc(C)c2nc(-c3cccc(-c4ccccc4)c3C)cn2c1. The molecule has 4 rings (SSSR count). The Hall–Kier alpha value is -3.13. The predicted octanol–water partition coefficient (Wildman–Crippen LogP) is 5.93. The molecule has 4 aromatic rings. The van der Waals surface area contributed by atoms with Crippen LogP contribution in [-0.2, 0) is 0 Å². The van der Waals surface area contributed by atoms with Crippen molar-refractivity contribution in [2.75, 3.05) is 0 Å². The molecule has 122 valence electrons. The zero-order valence-corrected chi connectivity index (χ0v) is 14.5. The van der Waals surface area contributed by atoms with Crippen LogP contribution in [0.5, 0.6) is 0 Å². The van der Waals surface area contributed by atoms with Gasteiger partial charge in [0.2, 0.25) is 0 Å². The number of fused-ring (bicyclic) bond motifs is 1. The van der Waals surface area contributed by atoms with Gasteiger partial charge in [-0.3, -0.25) is 0 Å². The average molecular weight is 324 g/mol. The highest BCUT2D eigenvalue weighted by Crippen LogP contribution is 2.31. The fraction of sp³-hybridized carbons (Fsp3) is 0.0870. The molecule has 2 heterocycles. The Labute approximate surface area is 148 Å². The van der Waals surface area contributed by atoms with Gasteiger partial charge < -0.3 is 4.40 Å². The summed E-state index contributed by atoms with van der Waals surface area (Å²) in [6, 6.07) is 19.0. The van der Waals surface area contributed by atoms with Gasteiger partial charge in [-0.2, -0.15) is 0 Å². The molecule has 25 heavy (non-hydrogen) atoms. The standard InChI is InChI=1S/C23H20N2/c1-4-18-13-16(2)23-24-22(15-25(23)14-18)21-12-8-11-20(17(21)3)19-9-6-5-7-10-19/h4-15H,1H2,2-3H3. The van der Waals surface area contributed by atoms with Gasteiger partial charge in [-0.25, -0.2) is 4.98 Å². The molecule has 0 saturated carbocycles. The second-order valence-corrected chi connectivity index (χ2v) is 6.36. The number of rotatable bonds is 3. The highest BCUT2D eigenvalue weighted by molar-refractivity contribution is 5.77. The van der Waals surface area contributed by atoms with E-state index >= 15 is 0 Å². The number of aromatic nitrogens is 2. The molecule has 0 N–H and O–H groups in total. The molecule has 2 heteroatoms. The number of pyridine rings is 1. The van der Waals surface area contributed by atoms with Crippen LogP contribution in [0.3, 0.4) is 0 Å². The molecule has 0 aliphatic heterocycles. The summed E-state index contributed by atoms with van der Waals surface area (Å²) in [6.45, 7) is 8.13. The molecule has 0 bridgehead atoms. The molecule has 2 aromatic heterocycles. The number of imidazole rings is 1. The van der Waals surface area contributed by atoms with Crippen LogP contribution in [0.15, 0.2) is 73.6 Å². The van der Waals surface area contributed by atoms with Crippen LogP contribution in [0.25, 0.3) is 34.1 Å². The van der Waals surface area contributed by atoms with Gasteiger partial charge in [0.1, 0.15) is 5.65 Å². The maximum absolute atomic E-state index is 4.88. The predicted molar refractivity (Wildman–Crippen MR) is 106 cm³/mol. The Morgan fingerprint density at radius 1 is 0.920 bits per heavy atom. The van der Waals surface area contributed by atoms with Crippen molar-refractivity contribution in [3.8, 4) is 22.4 Å². The van der Waals surface area contributed by atoms with E-state index in [4.69, 9.17) is 4.98 Å². The highest BCUT2D eigenvalue weighted by atomic mass is 15.0. The third kappa shape index (κ3) is 2.66. The summed E-state index contributed by atoms with van der Waals surface area (Å²) in [5.41, 5.74) is 9.15. The Balaban J connectivity index is 1.89. The first-order valence-corrected chi connectivity index (χ1v) is 8.44. The topological polar surface area (TPSA) is 17.3 Å². The second-order valence-electron chi connectivity index (χ2n) is 6.36. The van der Waals surface area contributed by atoms with Gasteiger partial charge in [-0.05, 0) is 47.7 Å². The van der Waals surface area contributed by atoms with E-state index in [0.717, 1.165) is 22.5 Å². The molecule has 2 nitrogen and oxygen atoms in total. The summed E-state index contributed by atoms with van der Waals surface area (Å²) in [7, 11) is 0. The Bertz CT molecular complexity index is 1070. The molecule has 0 saturated heterocycles. The van der Waals surface area contributed by atoms with Crippen LogP contribution in [0.2, 0.25) is 0 Å². The molecule has 2 aromatic carbocycles. The Morgan fingerprint density at radius 3 is 2.44 bits per heavy atom. The van der Waals surface area contributed by atoms with E-state index in [2.05, 4.69) is 85.8 Å². The van der Waals surface area contributed by atoms with Crippen molar-refractivity contribution < 1.29 is 0 Å². The lowest BCUT2D eigenvalue weighted by Gasteiger charge is -2.10. The minimum absolute atomic E-state index is 0.991. The minimum atomic E-state index is 0.991. The summed E-state index contributed by atoms with van der Waals surface area (Å²) >= 11 is 0. The van der Waals surface area contributed by atoms with Crippen LogP contribution in [0.1, 0.15) is 16.7 Å². The van der Waals surface area contributed by atoms with Crippen LogP contribution >= 0.6 is 0 Å². The van der Waals surface area contributed by atoms with Crippen LogP contribution in [0, 0.1) is 13.8 Å². The van der Waals surface area contributed by atoms with Gasteiger partial charge in [0.05, 0.1) is 5.69 Å². The first kappa shape index (κ1) is 15.4. The van der Waals surface area contributed by atoms with E-state index in [1.165, 1.54) is 22.3 Å². The van der Waals surface area contributed by atoms with Gasteiger partial charge in [-0.1, -0.05) is 61.2 Å². The summed E-state index contributed by atoms with van der Waals surface area (Å²) in [6.07, 6.45) is 6.04. The van der Waals surface area contributed by atoms with Gasteiger partial charge in [0.25, 0.3) is 0 Å². The Morgan fingerprint density at radius 2 is 1.68 bits per heavy atom. The molecule has 0 aliphatic rings. The first-order chi connectivity index (χ1) is 12.2. The maximum atomic E-state index is 4.88. The normalized spacial score (nSPS) is 11.0. The lowest BCUT2D eigenvalue weighted by Crippen LogP contribution is -1.88. The van der Waals surface area contributed by atoms with Gasteiger partial charge in [-0.15, -0.1) is 0 Å².